The van der Waals surface area contributed by atoms with Gasteiger partial charge >= 0.3 is 0 Å². The van der Waals surface area contributed by atoms with Crippen molar-refractivity contribution in [2.45, 2.75) is 6.54 Å². The highest BCUT2D eigenvalue weighted by molar-refractivity contribution is 9.10. The summed E-state index contributed by atoms with van der Waals surface area (Å²) in [5.41, 5.74) is 2.93. The molecule has 2 aromatic carbocycles. The summed E-state index contributed by atoms with van der Waals surface area (Å²) in [4.78, 5) is 0. The maximum atomic E-state index is 13.2. The van der Waals surface area contributed by atoms with E-state index in [1.165, 1.54) is 17.7 Å². The Morgan fingerprint density at radius 1 is 1.05 bits per heavy atom. The van der Waals surface area contributed by atoms with Crippen LogP contribution in [0.1, 0.15) is 5.56 Å². The number of benzene rings is 2. The van der Waals surface area contributed by atoms with Gasteiger partial charge in [-0.05, 0) is 35.4 Å². The topological polar surface area (TPSA) is 17.8 Å². The van der Waals surface area contributed by atoms with Crippen molar-refractivity contribution in [3.63, 3.8) is 0 Å². The van der Waals surface area contributed by atoms with Gasteiger partial charge in [0.2, 0.25) is 0 Å². The Morgan fingerprint density at radius 2 is 1.85 bits per heavy atom. The number of rotatable bonds is 3. The van der Waals surface area contributed by atoms with Crippen molar-refractivity contribution in [3.05, 3.63) is 76.8 Å². The molecule has 0 atom stereocenters. The predicted octanol–water partition coefficient (Wildman–Crippen LogP) is 4.50. The first-order valence-corrected chi connectivity index (χ1v) is 7.03. The number of nitrogens with zero attached hydrogens (tertiary/aromatic N) is 2. The van der Waals surface area contributed by atoms with Crippen molar-refractivity contribution in [3.8, 4) is 11.1 Å². The molecule has 2 nitrogen and oxygen atoms in total. The van der Waals surface area contributed by atoms with E-state index in [1.807, 2.05) is 41.2 Å². The first kappa shape index (κ1) is 13.1. The molecule has 0 unspecified atom stereocenters. The lowest BCUT2D eigenvalue weighted by Gasteiger charge is -2.02. The maximum absolute atomic E-state index is 13.2. The van der Waals surface area contributed by atoms with E-state index in [4.69, 9.17) is 0 Å². The van der Waals surface area contributed by atoms with Gasteiger partial charge in [0, 0.05) is 16.2 Å². The molecule has 0 aliphatic heterocycles. The second kappa shape index (κ2) is 5.59. The quantitative estimate of drug-likeness (QED) is 0.691. The van der Waals surface area contributed by atoms with E-state index in [2.05, 4.69) is 21.0 Å². The molecule has 3 aromatic rings. The first-order valence-electron chi connectivity index (χ1n) is 6.23. The van der Waals surface area contributed by atoms with Crippen LogP contribution in [0.25, 0.3) is 11.1 Å². The van der Waals surface area contributed by atoms with Crippen LogP contribution in [-0.2, 0) is 6.54 Å². The Labute approximate surface area is 125 Å². The van der Waals surface area contributed by atoms with Gasteiger partial charge in [0.25, 0.3) is 0 Å². The minimum atomic E-state index is -0.233. The van der Waals surface area contributed by atoms with Gasteiger partial charge < -0.3 is 0 Å². The molecular formula is C16H12BrFN2. The highest BCUT2D eigenvalue weighted by Crippen LogP contribution is 2.20. The summed E-state index contributed by atoms with van der Waals surface area (Å²) in [7, 11) is 0. The lowest BCUT2D eigenvalue weighted by Crippen LogP contribution is -1.99. The smallest absolute Gasteiger partial charge is 0.123 e. The summed E-state index contributed by atoms with van der Waals surface area (Å²) in [6, 6.07) is 14.7. The van der Waals surface area contributed by atoms with Gasteiger partial charge in [-0.2, -0.15) is 5.10 Å². The minimum absolute atomic E-state index is 0.233. The second-order valence-electron chi connectivity index (χ2n) is 4.56. The van der Waals surface area contributed by atoms with Crippen molar-refractivity contribution >= 4 is 15.9 Å². The standard InChI is InChI=1S/C16H12BrFN2/c17-15-6-4-12(5-7-15)10-20-11-14(9-19-20)13-2-1-3-16(18)8-13/h1-9,11H,10H2. The monoisotopic (exact) mass is 330 g/mol. The van der Waals surface area contributed by atoms with E-state index in [1.54, 1.807) is 12.3 Å². The van der Waals surface area contributed by atoms with Crippen LogP contribution in [0.2, 0.25) is 0 Å². The number of aromatic nitrogens is 2. The second-order valence-corrected chi connectivity index (χ2v) is 5.48. The molecule has 0 radical (unpaired) electrons. The molecule has 100 valence electrons. The normalized spacial score (nSPS) is 10.7. The van der Waals surface area contributed by atoms with Crippen LogP contribution in [0.4, 0.5) is 4.39 Å². The highest BCUT2D eigenvalue weighted by Gasteiger charge is 2.03. The zero-order valence-electron chi connectivity index (χ0n) is 10.6. The van der Waals surface area contributed by atoms with E-state index >= 15 is 0 Å². The van der Waals surface area contributed by atoms with E-state index in [9.17, 15) is 4.39 Å². The molecule has 1 aromatic heterocycles. The third-order valence-corrected chi connectivity index (χ3v) is 3.58. The fourth-order valence-corrected chi connectivity index (χ4v) is 2.31. The zero-order chi connectivity index (χ0) is 13.9. The van der Waals surface area contributed by atoms with Gasteiger partial charge in [0.1, 0.15) is 5.82 Å². The summed E-state index contributed by atoms with van der Waals surface area (Å²) in [5.74, 6) is -0.233. The fraction of sp³-hybridized carbons (Fsp3) is 0.0625. The van der Waals surface area contributed by atoms with Crippen LogP contribution in [0, 0.1) is 5.82 Å². The van der Waals surface area contributed by atoms with Gasteiger partial charge in [0.05, 0.1) is 12.7 Å². The molecule has 3 rings (SSSR count). The molecule has 1 heterocycles. The van der Waals surface area contributed by atoms with Crippen molar-refractivity contribution in [2.75, 3.05) is 0 Å². The van der Waals surface area contributed by atoms with E-state index in [0.717, 1.165) is 15.6 Å². The number of hydrogen-bond donors (Lipinski definition) is 0. The van der Waals surface area contributed by atoms with Crippen molar-refractivity contribution in [1.29, 1.82) is 0 Å². The van der Waals surface area contributed by atoms with Crippen LogP contribution >= 0.6 is 15.9 Å². The maximum Gasteiger partial charge on any atom is 0.123 e. The molecule has 0 saturated carbocycles. The van der Waals surface area contributed by atoms with E-state index in [-0.39, 0.29) is 5.82 Å². The van der Waals surface area contributed by atoms with Gasteiger partial charge in [-0.15, -0.1) is 0 Å². The summed E-state index contributed by atoms with van der Waals surface area (Å²) in [6.07, 6.45) is 3.68. The van der Waals surface area contributed by atoms with Crippen LogP contribution in [-0.4, -0.2) is 9.78 Å². The number of halogens is 2. The van der Waals surface area contributed by atoms with Gasteiger partial charge in [-0.3, -0.25) is 4.68 Å². The van der Waals surface area contributed by atoms with Crippen LogP contribution < -0.4 is 0 Å². The molecule has 0 N–H and O–H groups in total. The Kier molecular flexibility index (Phi) is 3.65. The lowest BCUT2D eigenvalue weighted by atomic mass is 10.1. The molecule has 0 fully saturated rings. The Hall–Kier alpha value is -1.94. The van der Waals surface area contributed by atoms with Gasteiger partial charge in [-0.1, -0.05) is 40.2 Å². The van der Waals surface area contributed by atoms with E-state index in [0.29, 0.717) is 6.54 Å². The van der Waals surface area contributed by atoms with Crippen LogP contribution in [0.5, 0.6) is 0 Å². The molecule has 0 amide bonds. The molecule has 0 aliphatic rings. The Bertz CT molecular complexity index is 719. The lowest BCUT2D eigenvalue weighted by molar-refractivity contribution is 0.628. The van der Waals surface area contributed by atoms with Crippen molar-refractivity contribution < 1.29 is 4.39 Å². The Balaban J connectivity index is 1.82. The van der Waals surface area contributed by atoms with Gasteiger partial charge in [-0.25, -0.2) is 4.39 Å². The Morgan fingerprint density at radius 3 is 2.60 bits per heavy atom. The highest BCUT2D eigenvalue weighted by atomic mass is 79.9. The SMILES string of the molecule is Fc1cccc(-c2cnn(Cc3ccc(Br)cc3)c2)c1. The number of hydrogen-bond acceptors (Lipinski definition) is 1. The zero-order valence-corrected chi connectivity index (χ0v) is 12.2. The molecule has 0 aliphatic carbocycles. The third kappa shape index (κ3) is 2.96. The summed E-state index contributed by atoms with van der Waals surface area (Å²) in [6.45, 7) is 0.697. The molecule has 0 saturated heterocycles. The fourth-order valence-electron chi connectivity index (χ4n) is 2.04. The summed E-state index contributed by atoms with van der Waals surface area (Å²) >= 11 is 3.41. The largest absolute Gasteiger partial charge is 0.268 e. The summed E-state index contributed by atoms with van der Waals surface area (Å²) in [5, 5.41) is 4.32. The molecule has 4 heteroatoms. The predicted molar refractivity (Wildman–Crippen MR) is 80.9 cm³/mol. The first-order chi connectivity index (χ1) is 9.70. The van der Waals surface area contributed by atoms with Crippen molar-refractivity contribution in [1.82, 2.24) is 9.78 Å². The molecular weight excluding hydrogens is 319 g/mol. The average Bonchev–Trinajstić information content (AvgIpc) is 2.90. The molecule has 0 bridgehead atoms. The molecule has 0 spiro atoms. The average molecular weight is 331 g/mol. The van der Waals surface area contributed by atoms with E-state index < -0.39 is 0 Å². The van der Waals surface area contributed by atoms with Crippen molar-refractivity contribution in [2.24, 2.45) is 0 Å². The van der Waals surface area contributed by atoms with Crippen LogP contribution in [0.15, 0.2) is 65.4 Å². The summed E-state index contributed by atoms with van der Waals surface area (Å²) < 4.78 is 16.1. The van der Waals surface area contributed by atoms with Crippen LogP contribution in [0.3, 0.4) is 0 Å². The van der Waals surface area contributed by atoms with Gasteiger partial charge in [0.15, 0.2) is 0 Å². The molecule has 20 heavy (non-hydrogen) atoms. The third-order valence-electron chi connectivity index (χ3n) is 3.05. The minimum Gasteiger partial charge on any atom is -0.268 e.